The third-order valence-electron chi connectivity index (χ3n) is 2.37. The fourth-order valence-corrected chi connectivity index (χ4v) is 1.35. The van der Waals surface area contributed by atoms with Crippen LogP contribution < -0.4 is 5.32 Å². The summed E-state index contributed by atoms with van der Waals surface area (Å²) in [6.45, 7) is 7.86. The zero-order valence-corrected chi connectivity index (χ0v) is 9.40. The van der Waals surface area contributed by atoms with Crippen LogP contribution >= 0.6 is 0 Å². The van der Waals surface area contributed by atoms with Crippen molar-refractivity contribution in [3.05, 3.63) is 0 Å². The lowest BCUT2D eigenvalue weighted by atomic mass is 10.0. The van der Waals surface area contributed by atoms with Crippen molar-refractivity contribution in [3.8, 4) is 0 Å². The summed E-state index contributed by atoms with van der Waals surface area (Å²) < 4.78 is 0. The van der Waals surface area contributed by atoms with Crippen molar-refractivity contribution < 1.29 is 5.11 Å². The fraction of sp³-hybridized carbons (Fsp3) is 1.00. The first-order valence-electron chi connectivity index (χ1n) is 5.48. The summed E-state index contributed by atoms with van der Waals surface area (Å²) >= 11 is 0. The Hall–Kier alpha value is -0.0800. The minimum Gasteiger partial charge on any atom is -0.396 e. The first-order chi connectivity index (χ1) is 6.12. The Morgan fingerprint density at radius 3 is 2.38 bits per heavy atom. The number of hydrogen-bond acceptors (Lipinski definition) is 2. The Labute approximate surface area is 82.7 Å². The number of unbranched alkanes of at least 4 members (excludes halogenated alkanes) is 3. The van der Waals surface area contributed by atoms with Gasteiger partial charge in [0.15, 0.2) is 0 Å². The highest BCUT2D eigenvalue weighted by Gasteiger charge is 2.14. The standard InChI is InChI=1S/C11H25NO/c1-4-5-6-7-9-12-11(2,3)8-10-13/h12-13H,4-10H2,1-3H3. The van der Waals surface area contributed by atoms with E-state index >= 15 is 0 Å². The Morgan fingerprint density at radius 2 is 1.85 bits per heavy atom. The van der Waals surface area contributed by atoms with E-state index in [-0.39, 0.29) is 12.1 Å². The second-order valence-corrected chi connectivity index (χ2v) is 4.34. The SMILES string of the molecule is CCCCCCNC(C)(C)CCO. The van der Waals surface area contributed by atoms with Crippen LogP contribution in [-0.2, 0) is 0 Å². The van der Waals surface area contributed by atoms with Gasteiger partial charge < -0.3 is 10.4 Å². The molecule has 2 nitrogen and oxygen atoms in total. The Balaban J connectivity index is 3.29. The van der Waals surface area contributed by atoms with Crippen molar-refractivity contribution in [3.63, 3.8) is 0 Å². The van der Waals surface area contributed by atoms with Gasteiger partial charge in [0.1, 0.15) is 0 Å². The molecule has 0 aromatic heterocycles. The summed E-state index contributed by atoms with van der Waals surface area (Å²) in [4.78, 5) is 0. The molecule has 0 unspecified atom stereocenters. The lowest BCUT2D eigenvalue weighted by molar-refractivity contribution is 0.230. The van der Waals surface area contributed by atoms with Gasteiger partial charge in [0.25, 0.3) is 0 Å². The maximum Gasteiger partial charge on any atom is 0.0448 e. The minimum absolute atomic E-state index is 0.0982. The Bertz CT molecular complexity index is 113. The van der Waals surface area contributed by atoms with Gasteiger partial charge in [-0.15, -0.1) is 0 Å². The summed E-state index contributed by atoms with van der Waals surface area (Å²) in [7, 11) is 0. The molecule has 0 fully saturated rings. The van der Waals surface area contributed by atoms with Crippen LogP contribution in [0.15, 0.2) is 0 Å². The van der Waals surface area contributed by atoms with E-state index in [1.165, 1.54) is 25.7 Å². The highest BCUT2D eigenvalue weighted by atomic mass is 16.3. The van der Waals surface area contributed by atoms with E-state index in [0.717, 1.165) is 13.0 Å². The first-order valence-corrected chi connectivity index (χ1v) is 5.48. The van der Waals surface area contributed by atoms with Crippen LogP contribution in [0, 0.1) is 0 Å². The van der Waals surface area contributed by atoms with Crippen LogP contribution in [0.25, 0.3) is 0 Å². The zero-order chi connectivity index (χ0) is 10.2. The molecule has 0 aromatic carbocycles. The van der Waals surface area contributed by atoms with E-state index < -0.39 is 0 Å². The molecule has 2 heteroatoms. The number of rotatable bonds is 8. The van der Waals surface area contributed by atoms with Gasteiger partial charge in [0.2, 0.25) is 0 Å². The van der Waals surface area contributed by atoms with E-state index in [9.17, 15) is 0 Å². The number of hydrogen-bond donors (Lipinski definition) is 2. The van der Waals surface area contributed by atoms with Gasteiger partial charge >= 0.3 is 0 Å². The van der Waals surface area contributed by atoms with Gasteiger partial charge in [0, 0.05) is 12.1 Å². The molecule has 13 heavy (non-hydrogen) atoms. The molecular formula is C11H25NO. The fourth-order valence-electron chi connectivity index (χ4n) is 1.35. The van der Waals surface area contributed by atoms with Crippen molar-refractivity contribution in [2.75, 3.05) is 13.2 Å². The lowest BCUT2D eigenvalue weighted by Crippen LogP contribution is -2.40. The van der Waals surface area contributed by atoms with Gasteiger partial charge in [-0.25, -0.2) is 0 Å². The summed E-state index contributed by atoms with van der Waals surface area (Å²) in [5.41, 5.74) is 0.0982. The van der Waals surface area contributed by atoms with Crippen LogP contribution in [0.1, 0.15) is 52.9 Å². The van der Waals surface area contributed by atoms with Crippen molar-refractivity contribution in [1.29, 1.82) is 0 Å². The smallest absolute Gasteiger partial charge is 0.0448 e. The second-order valence-electron chi connectivity index (χ2n) is 4.34. The maximum atomic E-state index is 8.80. The molecule has 0 spiro atoms. The highest BCUT2D eigenvalue weighted by Crippen LogP contribution is 2.07. The summed E-state index contributed by atoms with van der Waals surface area (Å²) in [5.74, 6) is 0. The lowest BCUT2D eigenvalue weighted by Gasteiger charge is -2.25. The Morgan fingerprint density at radius 1 is 1.15 bits per heavy atom. The summed E-state index contributed by atoms with van der Waals surface area (Å²) in [6.07, 6.45) is 6.03. The third-order valence-corrected chi connectivity index (χ3v) is 2.37. The molecular weight excluding hydrogens is 162 g/mol. The first kappa shape index (κ1) is 12.9. The van der Waals surface area contributed by atoms with E-state index in [1.807, 2.05) is 0 Å². The van der Waals surface area contributed by atoms with Gasteiger partial charge in [-0.05, 0) is 33.2 Å². The van der Waals surface area contributed by atoms with Crippen molar-refractivity contribution in [2.45, 2.75) is 58.4 Å². The van der Waals surface area contributed by atoms with Crippen molar-refractivity contribution in [2.24, 2.45) is 0 Å². The molecule has 0 amide bonds. The van der Waals surface area contributed by atoms with Crippen molar-refractivity contribution >= 4 is 0 Å². The molecule has 0 atom stereocenters. The maximum absolute atomic E-state index is 8.80. The Kier molecular flexibility index (Phi) is 7.29. The van der Waals surface area contributed by atoms with Crippen molar-refractivity contribution in [1.82, 2.24) is 5.32 Å². The molecule has 0 aliphatic carbocycles. The van der Waals surface area contributed by atoms with Crippen LogP contribution in [0.5, 0.6) is 0 Å². The van der Waals surface area contributed by atoms with Crippen LogP contribution in [0.2, 0.25) is 0 Å². The number of aliphatic hydroxyl groups excluding tert-OH is 1. The third kappa shape index (κ3) is 8.26. The number of aliphatic hydroxyl groups is 1. The van der Waals surface area contributed by atoms with Gasteiger partial charge in [-0.2, -0.15) is 0 Å². The summed E-state index contributed by atoms with van der Waals surface area (Å²) in [6, 6.07) is 0. The molecule has 2 N–H and O–H groups in total. The quantitative estimate of drug-likeness (QED) is 0.572. The second kappa shape index (κ2) is 7.34. The minimum atomic E-state index is 0.0982. The van der Waals surface area contributed by atoms with Crippen LogP contribution in [0.4, 0.5) is 0 Å². The highest BCUT2D eigenvalue weighted by molar-refractivity contribution is 4.76. The average molecular weight is 187 g/mol. The largest absolute Gasteiger partial charge is 0.396 e. The van der Waals surface area contributed by atoms with E-state index in [4.69, 9.17) is 5.11 Å². The van der Waals surface area contributed by atoms with Crippen LogP contribution in [-0.4, -0.2) is 23.8 Å². The molecule has 0 bridgehead atoms. The monoisotopic (exact) mass is 187 g/mol. The van der Waals surface area contributed by atoms with Gasteiger partial charge in [-0.1, -0.05) is 26.2 Å². The van der Waals surface area contributed by atoms with E-state index in [2.05, 4.69) is 26.1 Å². The molecule has 0 aliphatic heterocycles. The zero-order valence-electron chi connectivity index (χ0n) is 9.40. The molecule has 0 heterocycles. The normalized spacial score (nSPS) is 12.0. The predicted molar refractivity (Wildman–Crippen MR) is 57.9 cm³/mol. The molecule has 0 radical (unpaired) electrons. The van der Waals surface area contributed by atoms with E-state index in [1.54, 1.807) is 0 Å². The molecule has 0 saturated carbocycles. The van der Waals surface area contributed by atoms with Crippen LogP contribution in [0.3, 0.4) is 0 Å². The molecule has 0 aliphatic rings. The predicted octanol–water partition coefficient (Wildman–Crippen LogP) is 2.32. The topological polar surface area (TPSA) is 32.3 Å². The number of nitrogens with one attached hydrogen (secondary N) is 1. The summed E-state index contributed by atoms with van der Waals surface area (Å²) in [5, 5.41) is 12.3. The van der Waals surface area contributed by atoms with Gasteiger partial charge in [0.05, 0.1) is 0 Å². The van der Waals surface area contributed by atoms with Gasteiger partial charge in [-0.3, -0.25) is 0 Å². The van der Waals surface area contributed by atoms with E-state index in [0.29, 0.717) is 0 Å². The molecule has 0 aromatic rings. The average Bonchev–Trinajstić information content (AvgIpc) is 2.04. The molecule has 0 rings (SSSR count). The molecule has 80 valence electrons. The molecule has 0 saturated heterocycles.